The van der Waals surface area contributed by atoms with Crippen molar-refractivity contribution in [3.63, 3.8) is 0 Å². The van der Waals surface area contributed by atoms with Crippen LogP contribution in [-0.2, 0) is 19.0 Å². The third-order valence-corrected chi connectivity index (χ3v) is 9.44. The Labute approximate surface area is 283 Å². The number of aromatic nitrogens is 2. The number of aryl methyl sites for hydroxylation is 1. The number of carbonyl (C=O) groups excluding carboxylic acids is 1. The van der Waals surface area contributed by atoms with Crippen LogP contribution in [0.4, 0.5) is 10.2 Å². The summed E-state index contributed by atoms with van der Waals surface area (Å²) in [7, 11) is 1.40. The van der Waals surface area contributed by atoms with Crippen molar-refractivity contribution in [1.29, 1.82) is 0 Å². The Morgan fingerprint density at radius 2 is 1.83 bits per heavy atom. The minimum atomic E-state index is -0.938. The minimum Gasteiger partial charge on any atom is -0.490 e. The number of fused-ring (bicyclic) bond motifs is 8. The molecule has 7 rings (SSSR count). The smallest absolute Gasteiger partial charge is 0.339 e. The molecule has 9 heteroatoms. The van der Waals surface area contributed by atoms with E-state index in [1.165, 1.54) is 19.2 Å². The number of pyridine rings is 1. The topological polar surface area (TPSA) is 74.5 Å². The summed E-state index contributed by atoms with van der Waals surface area (Å²) < 4.78 is 41.4. The molecule has 0 N–H and O–H groups in total. The number of rotatable bonds is 3. The predicted octanol–water partition coefficient (Wildman–Crippen LogP) is 8.47. The molecule has 8 nitrogen and oxygen atoms in total. The van der Waals surface area contributed by atoms with Gasteiger partial charge in [-0.3, -0.25) is 4.40 Å². The van der Waals surface area contributed by atoms with Crippen LogP contribution in [0.15, 0.2) is 54.7 Å². The van der Waals surface area contributed by atoms with E-state index in [0.717, 1.165) is 84.6 Å². The van der Waals surface area contributed by atoms with E-state index < -0.39 is 17.7 Å². The Bertz CT molecular complexity index is 1790. The number of imidazole rings is 1. The fourth-order valence-electron chi connectivity index (χ4n) is 6.86. The number of hydrogen-bond donors (Lipinski definition) is 0. The minimum absolute atomic E-state index is 0.0350. The maximum Gasteiger partial charge on any atom is 0.339 e. The molecule has 1 fully saturated rings. The van der Waals surface area contributed by atoms with Gasteiger partial charge in [0.05, 0.1) is 30.1 Å². The standard InChI is InChI=1S/C39H48FN3O5/c1-25-21-33-41-31-24-43(33)36(34(25)35(37(44)45-7)48-38(3,4)5)42-18-16-39(6,17-19-42)46-20-9-8-11-26(2)47-32-15-14-29(40)23-30(32)27-12-10-13-28(31)22-27/h10,12-15,21-24,26,35H,8-9,11,16-20H2,1-7H3/t26-,35-/m0/s1. The zero-order valence-corrected chi connectivity index (χ0v) is 29.3. The molecule has 1 saturated heterocycles. The van der Waals surface area contributed by atoms with Crippen molar-refractivity contribution in [3.8, 4) is 28.1 Å². The van der Waals surface area contributed by atoms with Crippen LogP contribution < -0.4 is 9.64 Å². The van der Waals surface area contributed by atoms with Crippen molar-refractivity contribution in [3.05, 3.63) is 71.7 Å². The zero-order valence-electron chi connectivity index (χ0n) is 29.3. The van der Waals surface area contributed by atoms with Crippen LogP contribution in [0.5, 0.6) is 5.75 Å². The number of anilines is 1. The van der Waals surface area contributed by atoms with Crippen LogP contribution in [0.25, 0.3) is 28.0 Å². The van der Waals surface area contributed by atoms with Gasteiger partial charge in [-0.25, -0.2) is 14.2 Å². The molecule has 5 heterocycles. The van der Waals surface area contributed by atoms with Crippen molar-refractivity contribution < 1.29 is 28.1 Å². The quantitative estimate of drug-likeness (QED) is 0.205. The van der Waals surface area contributed by atoms with Crippen LogP contribution >= 0.6 is 0 Å². The van der Waals surface area contributed by atoms with Crippen molar-refractivity contribution >= 4 is 17.4 Å². The first-order chi connectivity index (χ1) is 22.8. The highest BCUT2D eigenvalue weighted by Gasteiger charge is 2.37. The Morgan fingerprint density at radius 1 is 1.08 bits per heavy atom. The van der Waals surface area contributed by atoms with Crippen LogP contribution in [0.2, 0.25) is 0 Å². The van der Waals surface area contributed by atoms with E-state index in [1.807, 2.05) is 64.2 Å². The SMILES string of the molecule is COC(=O)[C@@H](OC(C)(C)C)c1c(C)cc2nc3cn2c1N1CCC(C)(CC1)OCCCC[C@H](C)Oc1ccc(F)cc1-c1cccc-3c1. The van der Waals surface area contributed by atoms with E-state index in [2.05, 4.69) is 23.1 Å². The molecule has 0 radical (unpaired) electrons. The third-order valence-electron chi connectivity index (χ3n) is 9.44. The van der Waals surface area contributed by atoms with Crippen LogP contribution in [0.1, 0.15) is 84.0 Å². The van der Waals surface area contributed by atoms with Gasteiger partial charge >= 0.3 is 5.97 Å². The van der Waals surface area contributed by atoms with Gasteiger partial charge in [0.25, 0.3) is 0 Å². The Hall–Kier alpha value is -3.95. The number of methoxy groups -OCH3 is 1. The molecule has 3 aliphatic heterocycles. The highest BCUT2D eigenvalue weighted by molar-refractivity contribution is 5.81. The summed E-state index contributed by atoms with van der Waals surface area (Å²) in [6.07, 6.45) is 5.47. The number of ether oxygens (including phenoxy) is 4. The number of esters is 1. The van der Waals surface area contributed by atoms with Crippen LogP contribution in [0.3, 0.4) is 0 Å². The number of benzene rings is 2. The normalized spacial score (nSPS) is 21.1. The lowest BCUT2D eigenvalue weighted by molar-refractivity contribution is -0.164. The second-order valence-electron chi connectivity index (χ2n) is 14.5. The number of halogens is 1. The van der Waals surface area contributed by atoms with Gasteiger partial charge in [-0.15, -0.1) is 0 Å². The molecule has 0 saturated carbocycles. The Kier molecular flexibility index (Phi) is 9.55. The largest absolute Gasteiger partial charge is 0.490 e. The molecule has 3 aliphatic rings. The van der Waals surface area contributed by atoms with Crippen molar-refractivity contribution in [2.75, 3.05) is 31.7 Å². The molecule has 2 aromatic heterocycles. The van der Waals surface area contributed by atoms with E-state index in [-0.39, 0.29) is 17.5 Å². The molecule has 48 heavy (non-hydrogen) atoms. The predicted molar refractivity (Wildman–Crippen MR) is 186 cm³/mol. The summed E-state index contributed by atoms with van der Waals surface area (Å²) >= 11 is 0. The lowest BCUT2D eigenvalue weighted by Gasteiger charge is -2.42. The van der Waals surface area contributed by atoms with Gasteiger partial charge < -0.3 is 23.8 Å². The number of carbonyl (C=O) groups is 1. The van der Waals surface area contributed by atoms with Crippen LogP contribution in [0, 0.1) is 12.7 Å². The number of hydrogen-bond acceptors (Lipinski definition) is 7. The second kappa shape index (κ2) is 13.5. The van der Waals surface area contributed by atoms with Gasteiger partial charge in [0.1, 0.15) is 23.0 Å². The van der Waals surface area contributed by atoms with E-state index in [1.54, 1.807) is 6.07 Å². The molecular formula is C39H48FN3O5. The highest BCUT2D eigenvalue weighted by atomic mass is 19.1. The van der Waals surface area contributed by atoms with Crippen molar-refractivity contribution in [1.82, 2.24) is 9.38 Å². The molecular weight excluding hydrogens is 609 g/mol. The van der Waals surface area contributed by atoms with Gasteiger partial charge in [0.2, 0.25) is 0 Å². The number of piperidine rings is 1. The summed E-state index contributed by atoms with van der Waals surface area (Å²) in [5, 5.41) is 0. The molecule has 2 aromatic carbocycles. The summed E-state index contributed by atoms with van der Waals surface area (Å²) in [6, 6.07) is 14.7. The van der Waals surface area contributed by atoms with E-state index in [4.69, 9.17) is 23.9 Å². The van der Waals surface area contributed by atoms with Gasteiger partial charge in [-0.05, 0) is 115 Å². The molecule has 0 aliphatic carbocycles. The lowest BCUT2D eigenvalue weighted by atomic mass is 9.92. The summed E-state index contributed by atoms with van der Waals surface area (Å²) in [5.41, 5.74) is 4.73. The number of nitrogens with zero attached hydrogens (tertiary/aromatic N) is 3. The van der Waals surface area contributed by atoms with E-state index in [0.29, 0.717) is 17.9 Å². The highest BCUT2D eigenvalue weighted by Crippen LogP contribution is 2.40. The van der Waals surface area contributed by atoms with E-state index >= 15 is 0 Å². The molecule has 0 unspecified atom stereocenters. The maximum absolute atomic E-state index is 14.6. The van der Waals surface area contributed by atoms with Crippen molar-refractivity contribution in [2.45, 2.75) is 97.1 Å². The van der Waals surface area contributed by atoms with Gasteiger partial charge in [0, 0.05) is 42.6 Å². The molecule has 4 aromatic rings. The van der Waals surface area contributed by atoms with Gasteiger partial charge in [-0.2, -0.15) is 0 Å². The first-order valence-corrected chi connectivity index (χ1v) is 17.1. The first kappa shape index (κ1) is 33.9. The lowest BCUT2D eigenvalue weighted by Crippen LogP contribution is -2.45. The average molecular weight is 658 g/mol. The fraction of sp³-hybridized carbons (Fsp3) is 0.487. The van der Waals surface area contributed by atoms with Crippen molar-refractivity contribution in [2.24, 2.45) is 0 Å². The fourth-order valence-corrected chi connectivity index (χ4v) is 6.86. The first-order valence-electron chi connectivity index (χ1n) is 17.1. The summed E-state index contributed by atoms with van der Waals surface area (Å²) in [6.45, 7) is 14.2. The molecule has 256 valence electrons. The van der Waals surface area contributed by atoms with Crippen LogP contribution in [-0.4, -0.2) is 59.5 Å². The maximum atomic E-state index is 14.6. The molecule has 2 atom stereocenters. The molecule has 0 amide bonds. The van der Waals surface area contributed by atoms with Gasteiger partial charge in [0.15, 0.2) is 6.10 Å². The van der Waals surface area contributed by atoms with Gasteiger partial charge in [-0.1, -0.05) is 18.2 Å². The molecule has 6 bridgehead atoms. The summed E-state index contributed by atoms with van der Waals surface area (Å²) in [4.78, 5) is 20.8. The second-order valence-corrected chi connectivity index (χ2v) is 14.5. The monoisotopic (exact) mass is 657 g/mol. The molecule has 0 spiro atoms. The Balaban J connectivity index is 1.54. The van der Waals surface area contributed by atoms with E-state index in [9.17, 15) is 9.18 Å². The summed E-state index contributed by atoms with van der Waals surface area (Å²) in [5.74, 6) is 0.744. The average Bonchev–Trinajstić information content (AvgIpc) is 3.47. The zero-order chi connectivity index (χ0) is 34.2. The Morgan fingerprint density at radius 3 is 2.56 bits per heavy atom. The third kappa shape index (κ3) is 7.22.